The Kier molecular flexibility index (Phi) is 4.64. The van der Waals surface area contributed by atoms with E-state index < -0.39 is 10.0 Å². The molecule has 0 unspecified atom stereocenters. The Bertz CT molecular complexity index is 758. The molecule has 7 heteroatoms. The number of halogens is 1. The third kappa shape index (κ3) is 4.87. The molecular weight excluding hydrogens is 356 g/mol. The second-order valence-electron chi connectivity index (χ2n) is 4.42. The lowest BCUT2D eigenvalue weighted by molar-refractivity contribution is 0.102. The van der Waals surface area contributed by atoms with Crippen LogP contribution < -0.4 is 10.0 Å². The second-order valence-corrected chi connectivity index (χ2v) is 7.08. The van der Waals surface area contributed by atoms with Crippen molar-refractivity contribution >= 4 is 43.2 Å². The molecule has 2 aromatic carbocycles. The summed E-state index contributed by atoms with van der Waals surface area (Å²) in [5, 5.41) is 2.74. The largest absolute Gasteiger partial charge is 0.322 e. The van der Waals surface area contributed by atoms with E-state index >= 15 is 0 Å². The molecule has 0 heterocycles. The average molecular weight is 369 g/mol. The molecule has 110 valence electrons. The molecular formula is C14H13BrN2O3S. The molecule has 0 saturated carbocycles. The minimum Gasteiger partial charge on any atom is -0.322 e. The zero-order valence-electron chi connectivity index (χ0n) is 11.1. The van der Waals surface area contributed by atoms with Crippen LogP contribution in [0.3, 0.4) is 0 Å². The Morgan fingerprint density at radius 2 is 1.71 bits per heavy atom. The molecule has 2 aromatic rings. The predicted molar refractivity (Wildman–Crippen MR) is 87.0 cm³/mol. The van der Waals surface area contributed by atoms with Gasteiger partial charge in [-0.25, -0.2) is 8.42 Å². The summed E-state index contributed by atoms with van der Waals surface area (Å²) in [7, 11) is -3.37. The first-order valence-corrected chi connectivity index (χ1v) is 8.67. The highest BCUT2D eigenvalue weighted by atomic mass is 79.9. The van der Waals surface area contributed by atoms with E-state index in [4.69, 9.17) is 0 Å². The number of amides is 1. The quantitative estimate of drug-likeness (QED) is 0.870. The first kappa shape index (κ1) is 15.5. The second kappa shape index (κ2) is 6.28. The lowest BCUT2D eigenvalue weighted by Crippen LogP contribution is -2.13. The van der Waals surface area contributed by atoms with Crippen LogP contribution in [-0.4, -0.2) is 20.6 Å². The van der Waals surface area contributed by atoms with E-state index in [1.807, 2.05) is 12.1 Å². The van der Waals surface area contributed by atoms with Gasteiger partial charge in [0.15, 0.2) is 0 Å². The van der Waals surface area contributed by atoms with E-state index in [1.165, 1.54) is 6.07 Å². The molecule has 0 aromatic heterocycles. The van der Waals surface area contributed by atoms with E-state index in [0.29, 0.717) is 16.9 Å². The van der Waals surface area contributed by atoms with Crippen LogP contribution in [0, 0.1) is 0 Å². The van der Waals surface area contributed by atoms with Gasteiger partial charge in [-0.05, 0) is 42.5 Å². The molecule has 0 bridgehead atoms. The van der Waals surface area contributed by atoms with Crippen molar-refractivity contribution in [3.8, 4) is 0 Å². The van der Waals surface area contributed by atoms with Gasteiger partial charge in [0, 0.05) is 21.4 Å². The van der Waals surface area contributed by atoms with Crippen molar-refractivity contribution in [1.82, 2.24) is 0 Å². The number of benzene rings is 2. The van der Waals surface area contributed by atoms with Crippen molar-refractivity contribution < 1.29 is 13.2 Å². The highest BCUT2D eigenvalue weighted by Gasteiger charge is 2.08. The molecule has 2 rings (SSSR count). The van der Waals surface area contributed by atoms with Gasteiger partial charge in [-0.1, -0.05) is 22.0 Å². The van der Waals surface area contributed by atoms with Gasteiger partial charge in [0.2, 0.25) is 10.0 Å². The van der Waals surface area contributed by atoms with Gasteiger partial charge in [-0.2, -0.15) is 0 Å². The predicted octanol–water partition coefficient (Wildman–Crippen LogP) is 3.07. The summed E-state index contributed by atoms with van der Waals surface area (Å²) in [6, 6.07) is 13.5. The van der Waals surface area contributed by atoms with E-state index in [-0.39, 0.29) is 5.91 Å². The maximum atomic E-state index is 12.1. The third-order valence-corrected chi connectivity index (χ3v) is 3.67. The fraction of sp³-hybridized carbons (Fsp3) is 0.0714. The van der Waals surface area contributed by atoms with Gasteiger partial charge in [0.25, 0.3) is 5.91 Å². The van der Waals surface area contributed by atoms with Gasteiger partial charge >= 0.3 is 0 Å². The van der Waals surface area contributed by atoms with E-state index in [9.17, 15) is 13.2 Å². The summed E-state index contributed by atoms with van der Waals surface area (Å²) in [6.07, 6.45) is 1.06. The number of carbonyl (C=O) groups is 1. The monoisotopic (exact) mass is 368 g/mol. The van der Waals surface area contributed by atoms with Gasteiger partial charge in [0.05, 0.1) is 6.26 Å². The molecule has 0 radical (unpaired) electrons. The Balaban J connectivity index is 2.16. The van der Waals surface area contributed by atoms with Gasteiger partial charge in [-0.3, -0.25) is 9.52 Å². The fourth-order valence-electron chi connectivity index (χ4n) is 1.67. The topological polar surface area (TPSA) is 75.3 Å². The summed E-state index contributed by atoms with van der Waals surface area (Å²) < 4.78 is 25.6. The molecule has 2 N–H and O–H groups in total. The summed E-state index contributed by atoms with van der Waals surface area (Å²) in [6.45, 7) is 0. The number of anilines is 2. The summed E-state index contributed by atoms with van der Waals surface area (Å²) in [5.74, 6) is -0.311. The minimum atomic E-state index is -3.37. The first-order chi connectivity index (χ1) is 9.83. The SMILES string of the molecule is CS(=O)(=O)Nc1cccc(C(=O)Nc2ccc(Br)cc2)c1. The molecule has 0 saturated heterocycles. The van der Waals surface area contributed by atoms with Gasteiger partial charge < -0.3 is 5.32 Å². The Hall–Kier alpha value is -1.86. The number of rotatable bonds is 4. The molecule has 1 amide bonds. The van der Waals surface area contributed by atoms with Crippen LogP contribution in [-0.2, 0) is 10.0 Å². The zero-order chi connectivity index (χ0) is 15.5. The Morgan fingerprint density at radius 1 is 1.05 bits per heavy atom. The highest BCUT2D eigenvalue weighted by molar-refractivity contribution is 9.10. The van der Waals surface area contributed by atoms with E-state index in [1.54, 1.807) is 30.3 Å². The summed E-state index contributed by atoms with van der Waals surface area (Å²) >= 11 is 3.32. The third-order valence-electron chi connectivity index (χ3n) is 2.53. The van der Waals surface area contributed by atoms with Gasteiger partial charge in [-0.15, -0.1) is 0 Å². The maximum absolute atomic E-state index is 12.1. The van der Waals surface area contributed by atoms with Gasteiger partial charge in [0.1, 0.15) is 0 Å². The van der Waals surface area contributed by atoms with Crippen LogP contribution >= 0.6 is 15.9 Å². The van der Waals surface area contributed by atoms with Crippen LogP contribution in [0.2, 0.25) is 0 Å². The number of hydrogen-bond acceptors (Lipinski definition) is 3. The zero-order valence-corrected chi connectivity index (χ0v) is 13.5. The smallest absolute Gasteiger partial charge is 0.255 e. The number of sulfonamides is 1. The Labute approximate surface area is 131 Å². The molecule has 0 aliphatic carbocycles. The van der Waals surface area contributed by atoms with Crippen LogP contribution in [0.1, 0.15) is 10.4 Å². The standard InChI is InChI=1S/C14H13BrN2O3S/c1-21(19,20)17-13-4-2-3-10(9-13)14(18)16-12-7-5-11(15)6-8-12/h2-9,17H,1H3,(H,16,18). The molecule has 0 atom stereocenters. The lowest BCUT2D eigenvalue weighted by Gasteiger charge is -2.08. The summed E-state index contributed by atoms with van der Waals surface area (Å²) in [5.41, 5.74) is 1.37. The number of nitrogens with one attached hydrogen (secondary N) is 2. The Morgan fingerprint density at radius 3 is 2.33 bits per heavy atom. The fourth-order valence-corrected chi connectivity index (χ4v) is 2.49. The molecule has 0 aliphatic heterocycles. The maximum Gasteiger partial charge on any atom is 0.255 e. The van der Waals surface area contributed by atoms with Crippen molar-refractivity contribution in [3.63, 3.8) is 0 Å². The average Bonchev–Trinajstić information content (AvgIpc) is 2.40. The highest BCUT2D eigenvalue weighted by Crippen LogP contribution is 2.17. The molecule has 0 fully saturated rings. The minimum absolute atomic E-state index is 0.311. The van der Waals surface area contributed by atoms with Crippen molar-refractivity contribution in [3.05, 3.63) is 58.6 Å². The van der Waals surface area contributed by atoms with Crippen LogP contribution in [0.4, 0.5) is 11.4 Å². The van der Waals surface area contributed by atoms with Crippen molar-refractivity contribution in [2.45, 2.75) is 0 Å². The van der Waals surface area contributed by atoms with Crippen molar-refractivity contribution in [2.24, 2.45) is 0 Å². The van der Waals surface area contributed by atoms with Crippen molar-refractivity contribution in [2.75, 3.05) is 16.3 Å². The molecule has 5 nitrogen and oxygen atoms in total. The van der Waals surface area contributed by atoms with Crippen LogP contribution in [0.25, 0.3) is 0 Å². The normalized spacial score (nSPS) is 11.0. The summed E-state index contributed by atoms with van der Waals surface area (Å²) in [4.78, 5) is 12.1. The van der Waals surface area contributed by atoms with E-state index in [0.717, 1.165) is 10.7 Å². The van der Waals surface area contributed by atoms with E-state index in [2.05, 4.69) is 26.0 Å². The first-order valence-electron chi connectivity index (χ1n) is 5.98. The van der Waals surface area contributed by atoms with Crippen molar-refractivity contribution in [1.29, 1.82) is 0 Å². The molecule has 0 spiro atoms. The van der Waals surface area contributed by atoms with Crippen LogP contribution in [0.15, 0.2) is 53.0 Å². The molecule has 0 aliphatic rings. The van der Waals surface area contributed by atoms with Crippen LogP contribution in [0.5, 0.6) is 0 Å². The number of carbonyl (C=O) groups excluding carboxylic acids is 1. The molecule has 21 heavy (non-hydrogen) atoms. The lowest BCUT2D eigenvalue weighted by atomic mass is 10.2. The number of hydrogen-bond donors (Lipinski definition) is 2.